The molecule has 1 aromatic heterocycles. The predicted octanol–water partition coefficient (Wildman–Crippen LogP) is 3.26. The van der Waals surface area contributed by atoms with Crippen LogP contribution in [0, 0.1) is 5.82 Å². The first kappa shape index (κ1) is 10.2. The van der Waals surface area contributed by atoms with Gasteiger partial charge in [-0.2, -0.15) is 0 Å². The molecule has 0 fully saturated rings. The van der Waals surface area contributed by atoms with E-state index in [0.717, 1.165) is 0 Å². The lowest BCUT2D eigenvalue weighted by atomic mass is 10.3. The van der Waals surface area contributed by atoms with Crippen molar-refractivity contribution in [3.05, 3.63) is 35.2 Å². The summed E-state index contributed by atoms with van der Waals surface area (Å²) >= 11 is 6.98. The Balaban J connectivity index is 2.24. The van der Waals surface area contributed by atoms with E-state index in [1.54, 1.807) is 6.07 Å². The van der Waals surface area contributed by atoms with Gasteiger partial charge in [0.1, 0.15) is 10.8 Å². The van der Waals surface area contributed by atoms with Crippen LogP contribution in [-0.4, -0.2) is 4.98 Å². The largest absolute Gasteiger partial charge is 0.389 e. The van der Waals surface area contributed by atoms with Gasteiger partial charge in [-0.1, -0.05) is 22.9 Å². The summed E-state index contributed by atoms with van der Waals surface area (Å²) in [5.41, 5.74) is 6.06. The highest BCUT2D eigenvalue weighted by molar-refractivity contribution is 7.19. The van der Waals surface area contributed by atoms with Gasteiger partial charge in [0.25, 0.3) is 0 Å². The van der Waals surface area contributed by atoms with Crippen LogP contribution in [0.25, 0.3) is 0 Å². The zero-order valence-electron chi connectivity index (χ0n) is 7.50. The van der Waals surface area contributed by atoms with E-state index in [0.29, 0.717) is 20.8 Å². The Morgan fingerprint density at radius 1 is 1.40 bits per heavy atom. The third kappa shape index (κ3) is 2.57. The maximum absolute atomic E-state index is 13.0. The first-order valence-electron chi connectivity index (χ1n) is 4.08. The van der Waals surface area contributed by atoms with Gasteiger partial charge in [0.2, 0.25) is 0 Å². The van der Waals surface area contributed by atoms with Gasteiger partial charge in [0.05, 0.1) is 6.20 Å². The van der Waals surface area contributed by atoms with E-state index >= 15 is 0 Å². The molecule has 6 heteroatoms. The fourth-order valence-electron chi connectivity index (χ4n) is 1.09. The van der Waals surface area contributed by atoms with Crippen LogP contribution >= 0.6 is 22.9 Å². The van der Waals surface area contributed by atoms with E-state index in [1.807, 2.05) is 0 Å². The number of hydrogen-bond acceptors (Lipinski definition) is 4. The quantitative estimate of drug-likeness (QED) is 0.851. The highest BCUT2D eigenvalue weighted by Crippen LogP contribution is 2.26. The minimum absolute atomic E-state index is 0.335. The summed E-state index contributed by atoms with van der Waals surface area (Å²) in [6.07, 6.45) is 1.54. The van der Waals surface area contributed by atoms with Crippen molar-refractivity contribution < 1.29 is 4.39 Å². The number of halogens is 2. The Kier molecular flexibility index (Phi) is 2.75. The number of nitrogens with zero attached hydrogens (tertiary/aromatic N) is 1. The van der Waals surface area contributed by atoms with Crippen molar-refractivity contribution in [1.29, 1.82) is 0 Å². The van der Waals surface area contributed by atoms with Crippen molar-refractivity contribution in [2.24, 2.45) is 0 Å². The summed E-state index contributed by atoms with van der Waals surface area (Å²) in [6, 6.07) is 4.19. The third-order valence-corrected chi connectivity index (χ3v) is 2.60. The third-order valence-electron chi connectivity index (χ3n) is 1.64. The van der Waals surface area contributed by atoms with Crippen molar-refractivity contribution in [3.63, 3.8) is 0 Å². The van der Waals surface area contributed by atoms with E-state index in [1.165, 1.54) is 29.7 Å². The Morgan fingerprint density at radius 3 is 2.80 bits per heavy atom. The van der Waals surface area contributed by atoms with Crippen molar-refractivity contribution in [2.45, 2.75) is 0 Å². The lowest BCUT2D eigenvalue weighted by molar-refractivity contribution is 0.628. The molecule has 0 aliphatic carbocycles. The monoisotopic (exact) mass is 243 g/mol. The van der Waals surface area contributed by atoms with E-state index in [2.05, 4.69) is 10.3 Å². The lowest BCUT2D eigenvalue weighted by Gasteiger charge is -2.02. The molecule has 0 unspecified atom stereocenters. The molecule has 3 nitrogen and oxygen atoms in total. The number of nitrogens with two attached hydrogens (primary N) is 1. The first-order valence-corrected chi connectivity index (χ1v) is 5.27. The van der Waals surface area contributed by atoms with Crippen molar-refractivity contribution in [3.8, 4) is 0 Å². The van der Waals surface area contributed by atoms with Crippen LogP contribution in [0.4, 0.5) is 20.2 Å². The van der Waals surface area contributed by atoms with Crippen LogP contribution in [0.15, 0.2) is 24.4 Å². The lowest BCUT2D eigenvalue weighted by Crippen LogP contribution is -1.89. The van der Waals surface area contributed by atoms with Gasteiger partial charge in [0.15, 0.2) is 5.13 Å². The molecule has 78 valence electrons. The molecule has 0 saturated heterocycles. The maximum atomic E-state index is 13.0. The number of anilines is 3. The maximum Gasteiger partial charge on any atom is 0.189 e. The number of aromatic nitrogens is 1. The predicted molar refractivity (Wildman–Crippen MR) is 61.2 cm³/mol. The van der Waals surface area contributed by atoms with E-state index in [9.17, 15) is 4.39 Å². The van der Waals surface area contributed by atoms with Crippen molar-refractivity contribution >= 4 is 38.8 Å². The molecule has 1 aromatic carbocycles. The van der Waals surface area contributed by atoms with Gasteiger partial charge in [-0.25, -0.2) is 9.37 Å². The minimum atomic E-state index is -0.394. The van der Waals surface area contributed by atoms with Crippen molar-refractivity contribution in [1.82, 2.24) is 4.98 Å². The molecular formula is C9H7ClFN3S. The number of hydrogen-bond donors (Lipinski definition) is 2. The number of benzene rings is 1. The number of rotatable bonds is 2. The summed E-state index contributed by atoms with van der Waals surface area (Å²) in [5.74, 6) is -0.394. The fraction of sp³-hybridized carbons (Fsp3) is 0. The second-order valence-corrected chi connectivity index (χ2v) is 4.35. The molecule has 0 spiro atoms. The second kappa shape index (κ2) is 4.04. The molecule has 2 rings (SSSR count). The molecule has 1 heterocycles. The highest BCUT2D eigenvalue weighted by atomic mass is 35.5. The first-order chi connectivity index (χ1) is 7.13. The van der Waals surface area contributed by atoms with Gasteiger partial charge in [-0.15, -0.1) is 0 Å². The molecule has 0 bridgehead atoms. The van der Waals surface area contributed by atoms with E-state index in [4.69, 9.17) is 17.3 Å². The van der Waals surface area contributed by atoms with Gasteiger partial charge in [0, 0.05) is 10.7 Å². The van der Waals surface area contributed by atoms with Crippen molar-refractivity contribution in [2.75, 3.05) is 11.1 Å². The van der Waals surface area contributed by atoms with Gasteiger partial charge in [-0.05, 0) is 18.2 Å². The summed E-state index contributed by atoms with van der Waals surface area (Å²) in [6.45, 7) is 0. The topological polar surface area (TPSA) is 50.9 Å². The molecule has 0 saturated carbocycles. The van der Waals surface area contributed by atoms with Crippen LogP contribution < -0.4 is 11.1 Å². The molecule has 0 radical (unpaired) electrons. The molecule has 0 aliphatic rings. The van der Waals surface area contributed by atoms with Crippen LogP contribution in [0.2, 0.25) is 5.02 Å². The standard InChI is InChI=1S/C9H7ClFN3S/c10-5-1-6(11)3-7(2-5)14-9-13-4-8(12)15-9/h1-4H,12H2,(H,13,14). The molecule has 0 amide bonds. The van der Waals surface area contributed by atoms with Gasteiger partial charge < -0.3 is 11.1 Å². The van der Waals surface area contributed by atoms with Crippen LogP contribution in [0.3, 0.4) is 0 Å². The fourth-order valence-corrected chi connectivity index (χ4v) is 1.92. The number of nitrogens with one attached hydrogen (secondary N) is 1. The highest BCUT2D eigenvalue weighted by Gasteiger charge is 2.02. The zero-order valence-corrected chi connectivity index (χ0v) is 9.07. The smallest absolute Gasteiger partial charge is 0.189 e. The summed E-state index contributed by atoms with van der Waals surface area (Å²) in [5, 5.41) is 4.45. The van der Waals surface area contributed by atoms with Gasteiger partial charge in [-0.3, -0.25) is 0 Å². The molecular weight excluding hydrogens is 237 g/mol. The molecule has 0 aliphatic heterocycles. The SMILES string of the molecule is Nc1cnc(Nc2cc(F)cc(Cl)c2)s1. The average molecular weight is 244 g/mol. The number of nitrogen functional groups attached to an aromatic ring is 1. The average Bonchev–Trinajstić information content (AvgIpc) is 2.49. The summed E-state index contributed by atoms with van der Waals surface area (Å²) < 4.78 is 13.0. The minimum Gasteiger partial charge on any atom is -0.389 e. The van der Waals surface area contributed by atoms with Crippen LogP contribution in [0.1, 0.15) is 0 Å². The van der Waals surface area contributed by atoms with E-state index < -0.39 is 5.82 Å². The Hall–Kier alpha value is -1.33. The number of thiazole rings is 1. The molecule has 3 N–H and O–H groups in total. The van der Waals surface area contributed by atoms with Crippen LogP contribution in [0.5, 0.6) is 0 Å². The second-order valence-electron chi connectivity index (χ2n) is 2.85. The zero-order chi connectivity index (χ0) is 10.8. The van der Waals surface area contributed by atoms with E-state index in [-0.39, 0.29) is 0 Å². The Bertz CT molecular complexity index is 466. The Morgan fingerprint density at radius 2 is 2.20 bits per heavy atom. The molecule has 15 heavy (non-hydrogen) atoms. The van der Waals surface area contributed by atoms with Crippen LogP contribution in [-0.2, 0) is 0 Å². The normalized spacial score (nSPS) is 10.3. The Labute approximate surface area is 94.7 Å². The van der Waals surface area contributed by atoms with Gasteiger partial charge >= 0.3 is 0 Å². The summed E-state index contributed by atoms with van der Waals surface area (Å²) in [7, 11) is 0. The summed E-state index contributed by atoms with van der Waals surface area (Å²) in [4.78, 5) is 3.99. The molecule has 2 aromatic rings. The molecule has 0 atom stereocenters.